The molecule has 0 bridgehead atoms. The van der Waals surface area contributed by atoms with E-state index in [1.54, 1.807) is 0 Å². The van der Waals surface area contributed by atoms with Crippen molar-refractivity contribution in [2.24, 2.45) is 0 Å². The molecule has 0 aromatic heterocycles. The number of fused-ring (bicyclic) bond motifs is 1. The summed E-state index contributed by atoms with van der Waals surface area (Å²) in [6.07, 6.45) is 5.05. The molecule has 0 nitrogen and oxygen atoms in total. The standard InChI is InChI=1S/C14H13Cl/c15-10-4-3-5-12-8-9-13-6-1-2-7-14(13)11-12/h1-4,6-9,11H,5,10H2/b4-3+. The summed E-state index contributed by atoms with van der Waals surface area (Å²) in [5, 5.41) is 2.59. The summed E-state index contributed by atoms with van der Waals surface area (Å²) < 4.78 is 0. The Balaban J connectivity index is 2.26. The van der Waals surface area contributed by atoms with Crippen molar-refractivity contribution in [2.75, 3.05) is 5.88 Å². The van der Waals surface area contributed by atoms with Crippen LogP contribution in [-0.2, 0) is 6.42 Å². The van der Waals surface area contributed by atoms with Crippen LogP contribution in [0.4, 0.5) is 0 Å². The van der Waals surface area contributed by atoms with Crippen molar-refractivity contribution in [1.82, 2.24) is 0 Å². The first-order chi connectivity index (χ1) is 7.40. The maximum Gasteiger partial charge on any atom is 0.0404 e. The second-order valence-electron chi connectivity index (χ2n) is 3.51. The summed E-state index contributed by atoms with van der Waals surface area (Å²) in [5.74, 6) is 0.591. The van der Waals surface area contributed by atoms with Gasteiger partial charge in [-0.15, -0.1) is 11.6 Å². The van der Waals surface area contributed by atoms with Crippen molar-refractivity contribution < 1.29 is 0 Å². The van der Waals surface area contributed by atoms with Gasteiger partial charge in [0.05, 0.1) is 0 Å². The Morgan fingerprint density at radius 3 is 2.53 bits per heavy atom. The van der Waals surface area contributed by atoms with E-state index in [2.05, 4.69) is 48.5 Å². The van der Waals surface area contributed by atoms with Crippen LogP contribution in [0.1, 0.15) is 5.56 Å². The summed E-state index contributed by atoms with van der Waals surface area (Å²) >= 11 is 5.58. The van der Waals surface area contributed by atoms with E-state index in [-0.39, 0.29) is 0 Å². The van der Waals surface area contributed by atoms with Crippen LogP contribution in [0.5, 0.6) is 0 Å². The van der Waals surface area contributed by atoms with Gasteiger partial charge in [-0.05, 0) is 22.8 Å². The molecule has 1 heteroatoms. The third kappa shape index (κ3) is 2.60. The first kappa shape index (κ1) is 10.3. The van der Waals surface area contributed by atoms with Crippen molar-refractivity contribution in [2.45, 2.75) is 6.42 Å². The van der Waals surface area contributed by atoms with Gasteiger partial charge in [-0.25, -0.2) is 0 Å². The Labute approximate surface area is 95.2 Å². The second kappa shape index (κ2) is 4.99. The zero-order valence-electron chi connectivity index (χ0n) is 8.49. The molecule has 2 aromatic carbocycles. The molecule has 0 saturated heterocycles. The highest BCUT2D eigenvalue weighted by Gasteiger charge is 1.93. The van der Waals surface area contributed by atoms with Gasteiger partial charge >= 0.3 is 0 Å². The van der Waals surface area contributed by atoms with Gasteiger partial charge in [-0.1, -0.05) is 54.6 Å². The Bertz CT molecular complexity index is 471. The summed E-state index contributed by atoms with van der Waals surface area (Å²) in [6, 6.07) is 15.0. The molecule has 0 atom stereocenters. The van der Waals surface area contributed by atoms with E-state index < -0.39 is 0 Å². The average molecular weight is 217 g/mol. The Hall–Kier alpha value is -1.27. The van der Waals surface area contributed by atoms with Crippen molar-refractivity contribution in [3.63, 3.8) is 0 Å². The topological polar surface area (TPSA) is 0 Å². The van der Waals surface area contributed by atoms with E-state index in [9.17, 15) is 0 Å². The molecule has 0 radical (unpaired) electrons. The minimum atomic E-state index is 0.591. The molecule has 0 saturated carbocycles. The molecule has 0 amide bonds. The smallest absolute Gasteiger partial charge is 0.0404 e. The fourth-order valence-electron chi connectivity index (χ4n) is 1.65. The fourth-order valence-corrected chi connectivity index (χ4v) is 1.77. The van der Waals surface area contributed by atoms with Gasteiger partial charge in [0.15, 0.2) is 0 Å². The molecule has 0 fully saturated rings. The molecule has 15 heavy (non-hydrogen) atoms. The van der Waals surface area contributed by atoms with Crippen molar-refractivity contribution >= 4 is 22.4 Å². The lowest BCUT2D eigenvalue weighted by Gasteiger charge is -2.00. The molecule has 0 aliphatic heterocycles. The predicted octanol–water partition coefficient (Wildman–Crippen LogP) is 4.18. The maximum atomic E-state index is 5.58. The van der Waals surface area contributed by atoms with Crippen LogP contribution in [0, 0.1) is 0 Å². The van der Waals surface area contributed by atoms with E-state index >= 15 is 0 Å². The zero-order chi connectivity index (χ0) is 10.5. The van der Waals surface area contributed by atoms with Crippen LogP contribution in [0.25, 0.3) is 10.8 Å². The first-order valence-corrected chi connectivity index (χ1v) is 5.62. The molecule has 0 aliphatic rings. The Morgan fingerprint density at radius 2 is 1.73 bits per heavy atom. The molecular weight excluding hydrogens is 204 g/mol. The lowest BCUT2D eigenvalue weighted by Crippen LogP contribution is -1.81. The van der Waals surface area contributed by atoms with Crippen molar-refractivity contribution in [1.29, 1.82) is 0 Å². The van der Waals surface area contributed by atoms with Crippen LogP contribution in [-0.4, -0.2) is 5.88 Å². The number of benzene rings is 2. The van der Waals surface area contributed by atoms with E-state index in [1.807, 2.05) is 6.08 Å². The zero-order valence-corrected chi connectivity index (χ0v) is 9.24. The number of halogens is 1. The van der Waals surface area contributed by atoms with E-state index in [0.29, 0.717) is 5.88 Å². The van der Waals surface area contributed by atoms with Gasteiger partial charge in [0.2, 0.25) is 0 Å². The first-order valence-electron chi connectivity index (χ1n) is 5.09. The monoisotopic (exact) mass is 216 g/mol. The average Bonchev–Trinajstić information content (AvgIpc) is 2.29. The molecule has 0 N–H and O–H groups in total. The summed E-state index contributed by atoms with van der Waals surface area (Å²) in [6.45, 7) is 0. The molecule has 2 aromatic rings. The summed E-state index contributed by atoms with van der Waals surface area (Å²) in [4.78, 5) is 0. The molecule has 0 unspecified atom stereocenters. The fraction of sp³-hybridized carbons (Fsp3) is 0.143. The molecule has 0 aliphatic carbocycles. The van der Waals surface area contributed by atoms with Crippen LogP contribution >= 0.6 is 11.6 Å². The van der Waals surface area contributed by atoms with Crippen LogP contribution in [0.15, 0.2) is 54.6 Å². The number of hydrogen-bond donors (Lipinski definition) is 0. The summed E-state index contributed by atoms with van der Waals surface area (Å²) in [7, 11) is 0. The van der Waals surface area contributed by atoms with E-state index in [0.717, 1.165) is 6.42 Å². The highest BCUT2D eigenvalue weighted by atomic mass is 35.5. The quantitative estimate of drug-likeness (QED) is 0.534. The van der Waals surface area contributed by atoms with Crippen LogP contribution in [0.3, 0.4) is 0 Å². The van der Waals surface area contributed by atoms with E-state index in [1.165, 1.54) is 16.3 Å². The van der Waals surface area contributed by atoms with Gasteiger partial charge < -0.3 is 0 Å². The Morgan fingerprint density at radius 1 is 0.933 bits per heavy atom. The number of allylic oxidation sites excluding steroid dienone is 2. The molecule has 0 spiro atoms. The summed E-state index contributed by atoms with van der Waals surface area (Å²) in [5.41, 5.74) is 1.33. The maximum absolute atomic E-state index is 5.58. The molecular formula is C14H13Cl. The number of rotatable bonds is 3. The van der Waals surface area contributed by atoms with Gasteiger partial charge in [-0.2, -0.15) is 0 Å². The van der Waals surface area contributed by atoms with Gasteiger partial charge in [0.1, 0.15) is 0 Å². The van der Waals surface area contributed by atoms with Gasteiger partial charge in [0.25, 0.3) is 0 Å². The van der Waals surface area contributed by atoms with Crippen LogP contribution in [0.2, 0.25) is 0 Å². The normalized spacial score (nSPS) is 11.3. The third-order valence-corrected chi connectivity index (χ3v) is 2.60. The Kier molecular flexibility index (Phi) is 3.41. The lowest BCUT2D eigenvalue weighted by atomic mass is 10.1. The SMILES string of the molecule is ClC/C=C/Cc1ccc2ccccc2c1. The van der Waals surface area contributed by atoms with Gasteiger partial charge in [-0.3, -0.25) is 0 Å². The highest BCUT2D eigenvalue weighted by molar-refractivity contribution is 6.18. The molecule has 0 heterocycles. The lowest BCUT2D eigenvalue weighted by molar-refractivity contribution is 1.27. The largest absolute Gasteiger partial charge is 0.122 e. The molecule has 76 valence electrons. The van der Waals surface area contributed by atoms with Crippen molar-refractivity contribution in [3.8, 4) is 0 Å². The van der Waals surface area contributed by atoms with Gasteiger partial charge in [0, 0.05) is 5.88 Å². The molecule has 2 rings (SSSR count). The predicted molar refractivity (Wildman–Crippen MR) is 67.5 cm³/mol. The third-order valence-electron chi connectivity index (χ3n) is 2.42. The van der Waals surface area contributed by atoms with Crippen molar-refractivity contribution in [3.05, 3.63) is 60.2 Å². The number of hydrogen-bond acceptors (Lipinski definition) is 0. The highest BCUT2D eigenvalue weighted by Crippen LogP contribution is 2.16. The van der Waals surface area contributed by atoms with Crippen LogP contribution < -0.4 is 0 Å². The minimum Gasteiger partial charge on any atom is -0.122 e. The minimum absolute atomic E-state index is 0.591. The van der Waals surface area contributed by atoms with E-state index in [4.69, 9.17) is 11.6 Å². The second-order valence-corrected chi connectivity index (χ2v) is 3.82. The number of alkyl halides is 1.